The topological polar surface area (TPSA) is 123 Å². The minimum absolute atomic E-state index is 0.0219. The quantitative estimate of drug-likeness (QED) is 0.436. The third-order valence-corrected chi connectivity index (χ3v) is 6.18. The molecule has 3 rings (SSSR count). The van der Waals surface area contributed by atoms with Gasteiger partial charge in [0.1, 0.15) is 5.82 Å². The number of aromatic nitrogens is 3. The number of nitrogens with two attached hydrogens (primary N) is 1. The molecule has 0 spiro atoms. The number of para-hydroxylation sites is 1. The predicted octanol–water partition coefficient (Wildman–Crippen LogP) is 2.55. The number of carbonyl (C=O) groups is 1. The second-order valence-electron chi connectivity index (χ2n) is 7.62. The van der Waals surface area contributed by atoms with Gasteiger partial charge in [-0.3, -0.25) is 19.1 Å². The van der Waals surface area contributed by atoms with Crippen molar-refractivity contribution in [3.63, 3.8) is 0 Å². The highest BCUT2D eigenvalue weighted by molar-refractivity contribution is 7.99. The summed E-state index contributed by atoms with van der Waals surface area (Å²) < 4.78 is 6.43. The molecule has 0 unspecified atom stereocenters. The Kier molecular flexibility index (Phi) is 8.29. The van der Waals surface area contributed by atoms with Gasteiger partial charge in [-0.05, 0) is 31.0 Å². The number of rotatable bonds is 10. The standard InChI is InChI=1S/C23H29N5O4S/c1-4-5-10-28-21(24)20(22(30)26-23(28)31)27(11-12-32-3)19(29)14-33-18-13-15(2)16-8-6-7-9-17(16)25-18/h6-9,13H,4-5,10-12,14,24H2,1-3H3,(H,26,30,31). The number of unbranched alkanes of at least 4 members (excludes halogenated alkanes) is 1. The molecule has 0 aliphatic rings. The Morgan fingerprint density at radius 1 is 1.30 bits per heavy atom. The van der Waals surface area contributed by atoms with Gasteiger partial charge in [0.2, 0.25) is 5.91 Å². The molecule has 2 aromatic heterocycles. The number of fused-ring (bicyclic) bond motifs is 1. The van der Waals surface area contributed by atoms with Crippen LogP contribution in [0, 0.1) is 6.92 Å². The van der Waals surface area contributed by atoms with Gasteiger partial charge in [-0.15, -0.1) is 0 Å². The largest absolute Gasteiger partial charge is 0.383 e. The van der Waals surface area contributed by atoms with E-state index < -0.39 is 11.2 Å². The molecule has 2 heterocycles. The van der Waals surface area contributed by atoms with E-state index in [0.29, 0.717) is 18.0 Å². The SMILES string of the molecule is CCCCn1c(N)c(N(CCOC)C(=O)CSc2cc(C)c3ccccc3n2)c(=O)[nH]c1=O. The van der Waals surface area contributed by atoms with Crippen LogP contribution in [0.3, 0.4) is 0 Å². The fourth-order valence-corrected chi connectivity index (χ4v) is 4.38. The lowest BCUT2D eigenvalue weighted by Gasteiger charge is -2.24. The highest BCUT2D eigenvalue weighted by Crippen LogP contribution is 2.25. The molecular weight excluding hydrogens is 442 g/mol. The van der Waals surface area contributed by atoms with Crippen LogP contribution in [-0.2, 0) is 16.1 Å². The molecule has 3 N–H and O–H groups in total. The average molecular weight is 472 g/mol. The fraction of sp³-hybridized carbons (Fsp3) is 0.391. The maximum absolute atomic E-state index is 13.2. The first kappa shape index (κ1) is 24.5. The third-order valence-electron chi connectivity index (χ3n) is 5.28. The van der Waals surface area contributed by atoms with Crippen LogP contribution in [0.4, 0.5) is 11.5 Å². The van der Waals surface area contributed by atoms with Crippen LogP contribution < -0.4 is 21.9 Å². The van der Waals surface area contributed by atoms with Crippen LogP contribution in [0.1, 0.15) is 25.3 Å². The van der Waals surface area contributed by atoms with Crippen molar-refractivity contribution in [1.29, 1.82) is 0 Å². The van der Waals surface area contributed by atoms with Crippen molar-refractivity contribution in [3.8, 4) is 0 Å². The minimum Gasteiger partial charge on any atom is -0.383 e. The third kappa shape index (κ3) is 5.63. The van der Waals surface area contributed by atoms with E-state index in [4.69, 9.17) is 10.5 Å². The number of carbonyl (C=O) groups excluding carboxylic acids is 1. The Bertz CT molecular complexity index is 1250. The van der Waals surface area contributed by atoms with Crippen molar-refractivity contribution in [1.82, 2.24) is 14.5 Å². The van der Waals surface area contributed by atoms with E-state index in [-0.39, 0.29) is 36.3 Å². The van der Waals surface area contributed by atoms with E-state index in [1.54, 1.807) is 0 Å². The Morgan fingerprint density at radius 2 is 2.06 bits per heavy atom. The highest BCUT2D eigenvalue weighted by atomic mass is 32.2. The fourth-order valence-electron chi connectivity index (χ4n) is 3.53. The lowest BCUT2D eigenvalue weighted by Crippen LogP contribution is -2.43. The minimum atomic E-state index is -0.695. The highest BCUT2D eigenvalue weighted by Gasteiger charge is 2.24. The van der Waals surface area contributed by atoms with Crippen LogP contribution in [0.5, 0.6) is 0 Å². The number of nitrogen functional groups attached to an aromatic ring is 1. The van der Waals surface area contributed by atoms with E-state index in [1.165, 1.54) is 28.3 Å². The summed E-state index contributed by atoms with van der Waals surface area (Å²) in [6.07, 6.45) is 1.56. The second-order valence-corrected chi connectivity index (χ2v) is 8.62. The molecule has 9 nitrogen and oxygen atoms in total. The Morgan fingerprint density at radius 3 is 2.79 bits per heavy atom. The molecule has 10 heteroatoms. The van der Waals surface area contributed by atoms with E-state index in [9.17, 15) is 14.4 Å². The summed E-state index contributed by atoms with van der Waals surface area (Å²) in [6, 6.07) is 9.75. The molecule has 3 aromatic rings. The number of H-pyrrole nitrogens is 1. The van der Waals surface area contributed by atoms with E-state index in [2.05, 4.69) is 9.97 Å². The smallest absolute Gasteiger partial charge is 0.330 e. The van der Waals surface area contributed by atoms with Crippen molar-refractivity contribution in [2.75, 3.05) is 36.6 Å². The van der Waals surface area contributed by atoms with Crippen molar-refractivity contribution in [2.45, 2.75) is 38.3 Å². The number of amides is 1. The monoisotopic (exact) mass is 471 g/mol. The van der Waals surface area contributed by atoms with Gasteiger partial charge in [0.15, 0.2) is 5.69 Å². The number of pyridine rings is 1. The molecule has 0 saturated heterocycles. The summed E-state index contributed by atoms with van der Waals surface area (Å²) in [5.74, 6) is -0.310. The van der Waals surface area contributed by atoms with Crippen LogP contribution in [-0.4, -0.2) is 46.5 Å². The van der Waals surface area contributed by atoms with Crippen LogP contribution in [0.25, 0.3) is 10.9 Å². The lowest BCUT2D eigenvalue weighted by atomic mass is 10.1. The number of methoxy groups -OCH3 is 1. The zero-order valence-corrected chi connectivity index (χ0v) is 19.9. The average Bonchev–Trinajstić information content (AvgIpc) is 2.79. The van der Waals surface area contributed by atoms with Gasteiger partial charge < -0.3 is 15.4 Å². The molecule has 0 aliphatic carbocycles. The summed E-state index contributed by atoms with van der Waals surface area (Å²) in [6.45, 7) is 4.67. The molecule has 33 heavy (non-hydrogen) atoms. The molecular formula is C23H29N5O4S. The van der Waals surface area contributed by atoms with Gasteiger partial charge in [-0.1, -0.05) is 43.3 Å². The Balaban J connectivity index is 1.90. The lowest BCUT2D eigenvalue weighted by molar-refractivity contribution is -0.116. The normalized spacial score (nSPS) is 11.1. The number of hydrogen-bond donors (Lipinski definition) is 2. The number of hydrogen-bond acceptors (Lipinski definition) is 7. The zero-order valence-electron chi connectivity index (χ0n) is 19.1. The molecule has 0 radical (unpaired) electrons. The van der Waals surface area contributed by atoms with Gasteiger partial charge in [0, 0.05) is 25.6 Å². The van der Waals surface area contributed by atoms with Crippen LogP contribution in [0.2, 0.25) is 0 Å². The van der Waals surface area contributed by atoms with E-state index in [1.807, 2.05) is 44.2 Å². The number of thioether (sulfide) groups is 1. The number of aromatic amines is 1. The summed E-state index contributed by atoms with van der Waals surface area (Å²) in [4.78, 5) is 46.3. The van der Waals surface area contributed by atoms with Crippen LogP contribution >= 0.6 is 11.8 Å². The first-order valence-corrected chi connectivity index (χ1v) is 11.8. The van der Waals surface area contributed by atoms with Gasteiger partial charge in [0.25, 0.3) is 5.56 Å². The zero-order chi connectivity index (χ0) is 24.0. The number of anilines is 2. The molecule has 1 aromatic carbocycles. The Labute approximate surface area is 196 Å². The number of benzene rings is 1. The van der Waals surface area contributed by atoms with Gasteiger partial charge in [-0.25, -0.2) is 9.78 Å². The number of ether oxygens (including phenoxy) is 1. The molecule has 0 fully saturated rings. The maximum Gasteiger partial charge on any atom is 0.330 e. The number of nitrogens with zero attached hydrogens (tertiary/aromatic N) is 3. The Hall–Kier alpha value is -3.11. The van der Waals surface area contributed by atoms with Gasteiger partial charge in [0.05, 0.1) is 22.9 Å². The summed E-state index contributed by atoms with van der Waals surface area (Å²) >= 11 is 1.28. The first-order valence-electron chi connectivity index (χ1n) is 10.8. The molecule has 0 atom stereocenters. The van der Waals surface area contributed by atoms with Gasteiger partial charge in [-0.2, -0.15) is 0 Å². The maximum atomic E-state index is 13.2. The molecule has 0 saturated carbocycles. The molecule has 1 amide bonds. The summed E-state index contributed by atoms with van der Waals surface area (Å²) in [7, 11) is 1.51. The molecule has 176 valence electrons. The van der Waals surface area contributed by atoms with Crippen LogP contribution in [0.15, 0.2) is 44.9 Å². The van der Waals surface area contributed by atoms with Crippen molar-refractivity contribution >= 4 is 40.1 Å². The van der Waals surface area contributed by atoms with Crippen molar-refractivity contribution in [3.05, 3.63) is 56.7 Å². The predicted molar refractivity (Wildman–Crippen MR) is 132 cm³/mol. The van der Waals surface area contributed by atoms with Crippen molar-refractivity contribution in [2.24, 2.45) is 0 Å². The summed E-state index contributed by atoms with van der Waals surface area (Å²) in [5, 5.41) is 1.77. The second kappa shape index (κ2) is 11.2. The number of nitrogens with one attached hydrogen (secondary N) is 1. The van der Waals surface area contributed by atoms with E-state index >= 15 is 0 Å². The first-order chi connectivity index (χ1) is 15.9. The van der Waals surface area contributed by atoms with Crippen molar-refractivity contribution < 1.29 is 9.53 Å². The molecule has 0 aliphatic heterocycles. The number of aryl methyl sites for hydroxylation is 1. The summed E-state index contributed by atoms with van der Waals surface area (Å²) in [5.41, 5.74) is 6.82. The molecule has 0 bridgehead atoms. The van der Waals surface area contributed by atoms with Gasteiger partial charge >= 0.3 is 5.69 Å². The van der Waals surface area contributed by atoms with E-state index in [0.717, 1.165) is 22.9 Å².